The van der Waals surface area contributed by atoms with E-state index in [1.165, 1.54) is 5.82 Å². The van der Waals surface area contributed by atoms with Crippen LogP contribution in [0.15, 0.2) is 12.4 Å². The molecule has 2 heterocycles. The quantitative estimate of drug-likeness (QED) is 0.790. The minimum absolute atomic E-state index is 0.290. The van der Waals surface area contributed by atoms with Crippen molar-refractivity contribution < 1.29 is 0 Å². The third-order valence-corrected chi connectivity index (χ3v) is 3.76. The molecule has 0 aliphatic carbocycles. The van der Waals surface area contributed by atoms with Gasteiger partial charge in [0, 0.05) is 32.0 Å². The average molecular weight is 225 g/mol. The standard InChI is InChI=1S/C11H19N3S/c1-11(2,9-15)8-13-5-6-14-4-3-12-10(14)7-13/h3-4,15H,5-9H2,1-2H3. The van der Waals surface area contributed by atoms with Crippen LogP contribution in [0.3, 0.4) is 0 Å². The van der Waals surface area contributed by atoms with E-state index in [0.717, 1.165) is 31.9 Å². The summed E-state index contributed by atoms with van der Waals surface area (Å²) in [6.45, 7) is 8.80. The van der Waals surface area contributed by atoms with Crippen LogP contribution in [-0.2, 0) is 13.1 Å². The number of hydrogen-bond acceptors (Lipinski definition) is 3. The number of nitrogens with zero attached hydrogens (tertiary/aromatic N) is 3. The Morgan fingerprint density at radius 3 is 3.00 bits per heavy atom. The predicted molar refractivity (Wildman–Crippen MR) is 65.1 cm³/mol. The Morgan fingerprint density at radius 1 is 1.47 bits per heavy atom. The molecule has 15 heavy (non-hydrogen) atoms. The Hall–Kier alpha value is -0.480. The van der Waals surface area contributed by atoms with Gasteiger partial charge in [0.1, 0.15) is 5.82 Å². The summed E-state index contributed by atoms with van der Waals surface area (Å²) in [5.41, 5.74) is 0.290. The number of thiol groups is 1. The second-order valence-corrected chi connectivity index (χ2v) is 5.39. The smallest absolute Gasteiger partial charge is 0.122 e. The molecular weight excluding hydrogens is 206 g/mol. The van der Waals surface area contributed by atoms with Crippen molar-refractivity contribution in [2.45, 2.75) is 26.9 Å². The Labute approximate surface area is 96.9 Å². The molecule has 0 fully saturated rings. The Balaban J connectivity index is 1.98. The Morgan fingerprint density at radius 2 is 2.27 bits per heavy atom. The van der Waals surface area contributed by atoms with E-state index in [9.17, 15) is 0 Å². The molecule has 4 heteroatoms. The minimum atomic E-state index is 0.290. The zero-order chi connectivity index (χ0) is 10.9. The van der Waals surface area contributed by atoms with E-state index in [2.05, 4.69) is 47.1 Å². The van der Waals surface area contributed by atoms with Crippen LogP contribution in [-0.4, -0.2) is 33.3 Å². The molecule has 0 N–H and O–H groups in total. The molecule has 0 radical (unpaired) electrons. The van der Waals surface area contributed by atoms with Crippen LogP contribution in [0.25, 0.3) is 0 Å². The maximum Gasteiger partial charge on any atom is 0.122 e. The van der Waals surface area contributed by atoms with Crippen molar-refractivity contribution in [3.05, 3.63) is 18.2 Å². The molecule has 0 saturated carbocycles. The molecule has 1 aliphatic heterocycles. The second-order valence-electron chi connectivity index (χ2n) is 5.07. The van der Waals surface area contributed by atoms with E-state index < -0.39 is 0 Å². The fraction of sp³-hybridized carbons (Fsp3) is 0.727. The molecule has 0 unspecified atom stereocenters. The fourth-order valence-electron chi connectivity index (χ4n) is 2.01. The molecule has 84 valence electrons. The summed E-state index contributed by atoms with van der Waals surface area (Å²) in [4.78, 5) is 6.84. The molecule has 2 rings (SSSR count). The lowest BCUT2D eigenvalue weighted by Crippen LogP contribution is -2.40. The van der Waals surface area contributed by atoms with Gasteiger partial charge in [0.25, 0.3) is 0 Å². The van der Waals surface area contributed by atoms with Gasteiger partial charge in [-0.15, -0.1) is 0 Å². The Bertz CT molecular complexity index is 332. The highest BCUT2D eigenvalue weighted by Gasteiger charge is 2.23. The van der Waals surface area contributed by atoms with Crippen molar-refractivity contribution in [2.24, 2.45) is 5.41 Å². The summed E-state index contributed by atoms with van der Waals surface area (Å²) < 4.78 is 2.24. The van der Waals surface area contributed by atoms with E-state index in [0.29, 0.717) is 0 Å². The highest BCUT2D eigenvalue weighted by atomic mass is 32.1. The average Bonchev–Trinajstić information content (AvgIpc) is 2.64. The number of hydrogen-bond donors (Lipinski definition) is 1. The third kappa shape index (κ3) is 2.55. The van der Waals surface area contributed by atoms with Gasteiger partial charge in [0.05, 0.1) is 6.54 Å². The first-order chi connectivity index (χ1) is 7.11. The lowest BCUT2D eigenvalue weighted by molar-refractivity contribution is 0.157. The molecule has 0 spiro atoms. The normalized spacial score (nSPS) is 17.8. The van der Waals surface area contributed by atoms with E-state index in [1.54, 1.807) is 0 Å². The second kappa shape index (κ2) is 4.18. The molecule has 0 atom stereocenters. The number of fused-ring (bicyclic) bond motifs is 1. The van der Waals surface area contributed by atoms with Crippen LogP contribution in [0.5, 0.6) is 0 Å². The number of aromatic nitrogens is 2. The first kappa shape index (κ1) is 11.0. The van der Waals surface area contributed by atoms with Crippen LogP contribution in [0, 0.1) is 5.41 Å². The lowest BCUT2D eigenvalue weighted by Gasteiger charge is -2.34. The molecule has 1 aliphatic rings. The van der Waals surface area contributed by atoms with Gasteiger partial charge in [-0.2, -0.15) is 12.6 Å². The van der Waals surface area contributed by atoms with Crippen molar-refractivity contribution in [1.82, 2.24) is 14.5 Å². The van der Waals surface area contributed by atoms with Gasteiger partial charge >= 0.3 is 0 Å². The summed E-state index contributed by atoms with van der Waals surface area (Å²) in [7, 11) is 0. The van der Waals surface area contributed by atoms with Gasteiger partial charge in [-0.3, -0.25) is 4.90 Å². The van der Waals surface area contributed by atoms with Crippen LogP contribution < -0.4 is 0 Å². The maximum atomic E-state index is 4.40. The highest BCUT2D eigenvalue weighted by Crippen LogP contribution is 2.21. The summed E-state index contributed by atoms with van der Waals surface area (Å²) >= 11 is 4.40. The number of imidazole rings is 1. The van der Waals surface area contributed by atoms with Gasteiger partial charge in [-0.25, -0.2) is 4.98 Å². The third-order valence-electron chi connectivity index (χ3n) is 2.90. The first-order valence-corrected chi connectivity index (χ1v) is 6.07. The van der Waals surface area contributed by atoms with Gasteiger partial charge in [0.2, 0.25) is 0 Å². The van der Waals surface area contributed by atoms with Crippen molar-refractivity contribution in [2.75, 3.05) is 18.8 Å². The molecule has 3 nitrogen and oxygen atoms in total. The molecule has 0 amide bonds. The molecule has 0 saturated heterocycles. The summed E-state index contributed by atoms with van der Waals surface area (Å²) in [5.74, 6) is 2.12. The summed E-state index contributed by atoms with van der Waals surface area (Å²) in [6.07, 6.45) is 3.96. The molecule has 1 aromatic heterocycles. The zero-order valence-electron chi connectivity index (χ0n) is 9.48. The molecule has 0 bridgehead atoms. The first-order valence-electron chi connectivity index (χ1n) is 5.44. The summed E-state index contributed by atoms with van der Waals surface area (Å²) in [5, 5.41) is 0. The lowest BCUT2D eigenvalue weighted by atomic mass is 9.95. The molecule has 1 aromatic rings. The SMILES string of the molecule is CC(C)(CS)CN1CCn2ccnc2C1. The van der Waals surface area contributed by atoms with E-state index in [-0.39, 0.29) is 5.41 Å². The monoisotopic (exact) mass is 225 g/mol. The Kier molecular flexibility index (Phi) is 3.07. The predicted octanol–water partition coefficient (Wildman–Crippen LogP) is 1.65. The summed E-state index contributed by atoms with van der Waals surface area (Å²) in [6, 6.07) is 0. The van der Waals surface area contributed by atoms with Crippen molar-refractivity contribution in [1.29, 1.82) is 0 Å². The minimum Gasteiger partial charge on any atom is -0.333 e. The van der Waals surface area contributed by atoms with Crippen molar-refractivity contribution in [3.8, 4) is 0 Å². The van der Waals surface area contributed by atoms with Crippen molar-refractivity contribution in [3.63, 3.8) is 0 Å². The molecular formula is C11H19N3S. The van der Waals surface area contributed by atoms with E-state index >= 15 is 0 Å². The molecule has 0 aromatic carbocycles. The van der Waals surface area contributed by atoms with Crippen molar-refractivity contribution >= 4 is 12.6 Å². The van der Waals surface area contributed by atoms with Gasteiger partial charge in [0.15, 0.2) is 0 Å². The topological polar surface area (TPSA) is 21.1 Å². The largest absolute Gasteiger partial charge is 0.333 e. The highest BCUT2D eigenvalue weighted by molar-refractivity contribution is 7.80. The number of rotatable bonds is 3. The van der Waals surface area contributed by atoms with E-state index in [1.807, 2.05) is 6.20 Å². The van der Waals surface area contributed by atoms with Crippen LogP contribution in [0.2, 0.25) is 0 Å². The van der Waals surface area contributed by atoms with Crippen LogP contribution in [0.1, 0.15) is 19.7 Å². The maximum absolute atomic E-state index is 4.40. The van der Waals surface area contributed by atoms with Gasteiger partial charge in [-0.1, -0.05) is 13.8 Å². The van der Waals surface area contributed by atoms with Crippen LogP contribution in [0.4, 0.5) is 0 Å². The zero-order valence-corrected chi connectivity index (χ0v) is 10.4. The van der Waals surface area contributed by atoms with E-state index in [4.69, 9.17) is 0 Å². The van der Waals surface area contributed by atoms with Gasteiger partial charge in [-0.05, 0) is 11.2 Å². The fourth-order valence-corrected chi connectivity index (χ4v) is 2.11. The van der Waals surface area contributed by atoms with Crippen LogP contribution >= 0.6 is 12.6 Å². The van der Waals surface area contributed by atoms with Gasteiger partial charge < -0.3 is 4.57 Å².